The average molecular weight is 334 g/mol. The highest BCUT2D eigenvalue weighted by Crippen LogP contribution is 2.24. The van der Waals surface area contributed by atoms with Gasteiger partial charge in [0.05, 0.1) is 5.69 Å². The molecule has 0 aliphatic carbocycles. The lowest BCUT2D eigenvalue weighted by Crippen LogP contribution is -2.54. The minimum absolute atomic E-state index is 0.0822. The van der Waals surface area contributed by atoms with Gasteiger partial charge in [-0.25, -0.2) is 4.39 Å². The first kappa shape index (κ1) is 17.2. The van der Waals surface area contributed by atoms with E-state index in [9.17, 15) is 9.18 Å². The van der Waals surface area contributed by atoms with E-state index in [4.69, 9.17) is 0 Å². The molecule has 1 amide bonds. The molecule has 3 rings (SSSR count). The Morgan fingerprint density at radius 1 is 1.17 bits per heavy atom. The lowest BCUT2D eigenvalue weighted by molar-refractivity contribution is -0.134. The summed E-state index contributed by atoms with van der Waals surface area (Å²) in [4.78, 5) is 16.7. The third-order valence-electron chi connectivity index (χ3n) is 5.37. The number of halogens is 1. The van der Waals surface area contributed by atoms with Crippen molar-refractivity contribution in [3.63, 3.8) is 0 Å². The summed E-state index contributed by atoms with van der Waals surface area (Å²) in [6.45, 7) is 8.23. The maximum Gasteiger partial charge on any atom is 0.223 e. The molecule has 0 aromatic heterocycles. The fraction of sp³-hybridized carbons (Fsp3) is 0.611. The highest BCUT2D eigenvalue weighted by Gasteiger charge is 2.35. The topological polar surface area (TPSA) is 47.6 Å². The zero-order chi connectivity index (χ0) is 17.3. The molecule has 2 aliphatic rings. The van der Waals surface area contributed by atoms with E-state index in [1.165, 1.54) is 6.07 Å². The van der Waals surface area contributed by atoms with Gasteiger partial charge < -0.3 is 9.80 Å². The Morgan fingerprint density at radius 2 is 1.83 bits per heavy atom. The van der Waals surface area contributed by atoms with Crippen molar-refractivity contribution in [1.82, 2.24) is 15.8 Å². The molecular formula is C18H27FN4O. The van der Waals surface area contributed by atoms with Crippen molar-refractivity contribution >= 4 is 11.6 Å². The summed E-state index contributed by atoms with van der Waals surface area (Å²) in [5.41, 5.74) is 7.03. The number of carbonyl (C=O) groups excluding carboxylic acids is 1. The van der Waals surface area contributed by atoms with E-state index in [0.717, 1.165) is 0 Å². The number of piperazine rings is 1. The lowest BCUT2D eigenvalue weighted by Gasteiger charge is -2.41. The average Bonchev–Trinajstić information content (AvgIpc) is 2.87. The molecule has 1 aromatic carbocycles. The van der Waals surface area contributed by atoms with Crippen LogP contribution in [0.1, 0.15) is 27.2 Å². The predicted octanol–water partition coefficient (Wildman–Crippen LogP) is 1.75. The molecule has 24 heavy (non-hydrogen) atoms. The molecule has 132 valence electrons. The number of hydrogen-bond donors (Lipinski definition) is 2. The number of carbonyl (C=O) groups is 1. The lowest BCUT2D eigenvalue weighted by atomic mass is 9.92. The summed E-state index contributed by atoms with van der Waals surface area (Å²) in [7, 11) is 0. The number of benzene rings is 1. The maximum absolute atomic E-state index is 14.0. The number of hydrogen-bond acceptors (Lipinski definition) is 4. The monoisotopic (exact) mass is 334 g/mol. The molecule has 2 saturated heterocycles. The van der Waals surface area contributed by atoms with E-state index in [1.54, 1.807) is 12.1 Å². The maximum atomic E-state index is 14.0. The fourth-order valence-electron chi connectivity index (χ4n) is 3.84. The van der Waals surface area contributed by atoms with Crippen LogP contribution in [-0.4, -0.2) is 48.6 Å². The Hall–Kier alpha value is -1.66. The third kappa shape index (κ3) is 3.39. The summed E-state index contributed by atoms with van der Waals surface area (Å²) in [6, 6.07) is 7.51. The second kappa shape index (κ2) is 7.07. The highest BCUT2D eigenvalue weighted by molar-refractivity contribution is 5.77. The van der Waals surface area contributed by atoms with Gasteiger partial charge in [-0.1, -0.05) is 12.1 Å². The largest absolute Gasteiger partial charge is 0.365 e. The van der Waals surface area contributed by atoms with Gasteiger partial charge in [-0.05, 0) is 32.9 Å². The van der Waals surface area contributed by atoms with Gasteiger partial charge in [0.15, 0.2) is 0 Å². The van der Waals surface area contributed by atoms with Crippen molar-refractivity contribution in [2.45, 2.75) is 45.3 Å². The normalized spacial score (nSPS) is 30.7. The minimum Gasteiger partial charge on any atom is -0.365 e. The second-order valence-electron chi connectivity index (χ2n) is 7.07. The number of rotatable bonds is 3. The van der Waals surface area contributed by atoms with Crippen molar-refractivity contribution in [1.29, 1.82) is 0 Å². The van der Waals surface area contributed by atoms with Crippen molar-refractivity contribution in [3.05, 3.63) is 30.1 Å². The predicted molar refractivity (Wildman–Crippen MR) is 93.1 cm³/mol. The molecule has 0 spiro atoms. The molecule has 0 saturated carbocycles. The van der Waals surface area contributed by atoms with E-state index in [0.29, 0.717) is 49.7 Å². The zero-order valence-electron chi connectivity index (χ0n) is 14.6. The number of anilines is 1. The van der Waals surface area contributed by atoms with Crippen LogP contribution in [0.2, 0.25) is 0 Å². The number of nitrogens with zero attached hydrogens (tertiary/aromatic N) is 2. The summed E-state index contributed by atoms with van der Waals surface area (Å²) < 4.78 is 14.0. The Labute approximate surface area is 143 Å². The molecule has 2 N–H and O–H groups in total. The fourth-order valence-corrected chi connectivity index (χ4v) is 3.84. The van der Waals surface area contributed by atoms with E-state index < -0.39 is 0 Å². The molecule has 6 heteroatoms. The summed E-state index contributed by atoms with van der Waals surface area (Å²) in [6.07, 6.45) is 0.548. The minimum atomic E-state index is -0.199. The van der Waals surface area contributed by atoms with Crippen LogP contribution in [0.25, 0.3) is 0 Å². The quantitative estimate of drug-likeness (QED) is 0.884. The van der Waals surface area contributed by atoms with Gasteiger partial charge in [0.2, 0.25) is 5.91 Å². The van der Waals surface area contributed by atoms with E-state index in [-0.39, 0.29) is 17.8 Å². The first-order chi connectivity index (χ1) is 11.5. The Bertz CT molecular complexity index is 586. The van der Waals surface area contributed by atoms with Crippen LogP contribution in [-0.2, 0) is 4.79 Å². The molecule has 2 aliphatic heterocycles. The van der Waals surface area contributed by atoms with Crippen LogP contribution >= 0.6 is 0 Å². The van der Waals surface area contributed by atoms with E-state index in [1.807, 2.05) is 22.8 Å². The highest BCUT2D eigenvalue weighted by atomic mass is 19.1. The van der Waals surface area contributed by atoms with Gasteiger partial charge in [0.1, 0.15) is 5.82 Å². The van der Waals surface area contributed by atoms with Gasteiger partial charge in [0.25, 0.3) is 0 Å². The van der Waals surface area contributed by atoms with Crippen LogP contribution < -0.4 is 15.8 Å². The summed E-state index contributed by atoms with van der Waals surface area (Å²) >= 11 is 0. The van der Waals surface area contributed by atoms with Crippen molar-refractivity contribution in [2.24, 2.45) is 5.92 Å². The van der Waals surface area contributed by atoms with E-state index in [2.05, 4.69) is 24.7 Å². The van der Waals surface area contributed by atoms with Gasteiger partial charge in [-0.2, -0.15) is 0 Å². The number of para-hydroxylation sites is 1. The zero-order valence-corrected chi connectivity index (χ0v) is 14.6. The van der Waals surface area contributed by atoms with E-state index >= 15 is 0 Å². The van der Waals surface area contributed by atoms with Crippen LogP contribution in [0, 0.1) is 11.7 Å². The molecule has 2 fully saturated rings. The van der Waals surface area contributed by atoms with Gasteiger partial charge in [-0.3, -0.25) is 15.6 Å². The molecule has 1 aromatic rings. The molecule has 3 atom stereocenters. The Kier molecular flexibility index (Phi) is 5.06. The molecule has 3 unspecified atom stereocenters. The standard InChI is InChI=1S/C18H27FN4O/c1-12-11-22(17-7-5-4-6-16(17)19)8-9-23(12)18(24)10-15-13(2)20-21-14(15)3/h4-7,12-15,20-21H,8-11H2,1-3H3. The molecule has 5 nitrogen and oxygen atoms in total. The first-order valence-electron chi connectivity index (χ1n) is 8.77. The number of amides is 1. The summed E-state index contributed by atoms with van der Waals surface area (Å²) in [5.74, 6) is 0.300. The van der Waals surface area contributed by atoms with Gasteiger partial charge in [-0.15, -0.1) is 0 Å². The third-order valence-corrected chi connectivity index (χ3v) is 5.37. The van der Waals surface area contributed by atoms with Crippen molar-refractivity contribution in [3.8, 4) is 0 Å². The van der Waals surface area contributed by atoms with Crippen molar-refractivity contribution in [2.75, 3.05) is 24.5 Å². The smallest absolute Gasteiger partial charge is 0.223 e. The first-order valence-corrected chi connectivity index (χ1v) is 8.77. The second-order valence-corrected chi connectivity index (χ2v) is 7.07. The molecule has 2 heterocycles. The SMILES string of the molecule is CC1NNC(C)C1CC(=O)N1CCN(c2ccccc2F)CC1C. The Morgan fingerprint density at radius 3 is 2.46 bits per heavy atom. The molecule has 0 bridgehead atoms. The number of nitrogens with one attached hydrogen (secondary N) is 2. The van der Waals surface area contributed by atoms with Crippen LogP contribution in [0.5, 0.6) is 0 Å². The van der Waals surface area contributed by atoms with Gasteiger partial charge in [0, 0.05) is 50.1 Å². The summed E-state index contributed by atoms with van der Waals surface area (Å²) in [5, 5.41) is 0. The van der Waals surface area contributed by atoms with Crippen LogP contribution in [0.4, 0.5) is 10.1 Å². The number of hydrazine groups is 1. The molecule has 0 radical (unpaired) electrons. The Balaban J connectivity index is 1.61. The van der Waals surface area contributed by atoms with Gasteiger partial charge >= 0.3 is 0 Å². The van der Waals surface area contributed by atoms with Crippen LogP contribution in [0.15, 0.2) is 24.3 Å². The van der Waals surface area contributed by atoms with Crippen LogP contribution in [0.3, 0.4) is 0 Å². The van der Waals surface area contributed by atoms with Crippen molar-refractivity contribution < 1.29 is 9.18 Å². The molecular weight excluding hydrogens is 307 g/mol.